The molecule has 11 heteroatoms. The first-order valence-corrected chi connectivity index (χ1v) is 27.9. The predicted octanol–water partition coefficient (Wildman–Crippen LogP) is 12.3. The molecule has 0 saturated carbocycles. The Kier molecular flexibility index (Phi) is 44.1. The number of rotatable bonds is 44. The van der Waals surface area contributed by atoms with Crippen LogP contribution in [-0.2, 0) is 23.8 Å². The number of hydrogen-bond acceptors (Lipinski definition) is 10. The van der Waals surface area contributed by atoms with Gasteiger partial charge in [-0.15, -0.1) is 0 Å². The van der Waals surface area contributed by atoms with Crippen LogP contribution >= 0.6 is 0 Å². The van der Waals surface area contributed by atoms with E-state index in [-0.39, 0.29) is 19.4 Å². The standard InChI is InChI=1S/C61H99NO10/c1-4-7-10-13-16-19-22-25-26-27-28-29-30-31-34-37-40-43-46-49-56(66)72-59-58(68)57(67)55(50-63)71-61(59)70-51-52(53(64)47-44-41-38-35-32-23-20-17-14-11-8-5-2)62-60(69)54(65)48-45-42-39-36-33-24-21-18-15-12-9-6-3/h9,12,15-16,18-19,21,24-26,28-29,31,33-34,36,39,42,44,47,52-55,57-59,61,63-65,67-68H,4-8,10-11,13-14,17,20,22-23,27,30,32,35,37-38,40-41,43,45-46,48-51H2,1-3H3,(H,62,69)/b12-9+,18-15+,19-16-,24-21-,26-25-,29-28-,34-31-,36-33-,42-39+,47-44+. The number of aliphatic hydroxyl groups is 5. The van der Waals surface area contributed by atoms with Crippen LogP contribution in [0.1, 0.15) is 188 Å². The van der Waals surface area contributed by atoms with Crippen molar-refractivity contribution < 1.29 is 49.3 Å². The lowest BCUT2D eigenvalue weighted by Crippen LogP contribution is -2.61. The van der Waals surface area contributed by atoms with E-state index >= 15 is 0 Å². The number of ether oxygens (including phenoxy) is 3. The van der Waals surface area contributed by atoms with Gasteiger partial charge in [-0.05, 0) is 83.5 Å². The first-order valence-electron chi connectivity index (χ1n) is 27.9. The monoisotopic (exact) mass is 1010 g/mol. The highest BCUT2D eigenvalue weighted by atomic mass is 16.7. The van der Waals surface area contributed by atoms with Gasteiger partial charge in [-0.25, -0.2) is 0 Å². The quantitative estimate of drug-likeness (QED) is 0.0149. The van der Waals surface area contributed by atoms with E-state index in [1.807, 2.05) is 60.8 Å². The number of carbonyl (C=O) groups is 2. The van der Waals surface area contributed by atoms with Gasteiger partial charge >= 0.3 is 5.97 Å². The van der Waals surface area contributed by atoms with E-state index < -0.39 is 67.4 Å². The Morgan fingerprint density at radius 3 is 1.62 bits per heavy atom. The third-order valence-corrected chi connectivity index (χ3v) is 12.2. The van der Waals surface area contributed by atoms with Crippen molar-refractivity contribution >= 4 is 11.9 Å². The van der Waals surface area contributed by atoms with Gasteiger partial charge in [0.1, 0.15) is 24.4 Å². The number of allylic oxidation sites excluding steroid dienone is 19. The summed E-state index contributed by atoms with van der Waals surface area (Å²) >= 11 is 0. The number of hydrogen-bond donors (Lipinski definition) is 6. The van der Waals surface area contributed by atoms with Gasteiger partial charge in [0.15, 0.2) is 12.4 Å². The van der Waals surface area contributed by atoms with Crippen LogP contribution in [0.5, 0.6) is 0 Å². The maximum absolute atomic E-state index is 13.3. The smallest absolute Gasteiger partial charge is 0.306 e. The molecule has 1 rings (SSSR count). The van der Waals surface area contributed by atoms with E-state index in [0.29, 0.717) is 12.8 Å². The van der Waals surface area contributed by atoms with Crippen molar-refractivity contribution in [1.29, 1.82) is 0 Å². The van der Waals surface area contributed by atoms with E-state index in [4.69, 9.17) is 14.2 Å². The summed E-state index contributed by atoms with van der Waals surface area (Å²) in [6.07, 6.45) is 55.4. The molecule has 0 aromatic rings. The van der Waals surface area contributed by atoms with Crippen molar-refractivity contribution in [2.24, 2.45) is 0 Å². The molecular weight excluding hydrogens is 907 g/mol. The molecule has 0 radical (unpaired) electrons. The van der Waals surface area contributed by atoms with Crippen LogP contribution in [-0.4, -0.2) is 99.6 Å². The highest BCUT2D eigenvalue weighted by Crippen LogP contribution is 2.26. The summed E-state index contributed by atoms with van der Waals surface area (Å²) in [5, 5.41) is 56.6. The summed E-state index contributed by atoms with van der Waals surface area (Å²) in [7, 11) is 0. The summed E-state index contributed by atoms with van der Waals surface area (Å²) in [5.41, 5.74) is 0. The van der Waals surface area contributed by atoms with Crippen LogP contribution in [0, 0.1) is 0 Å². The maximum Gasteiger partial charge on any atom is 0.306 e. The second-order valence-corrected chi connectivity index (χ2v) is 18.7. The van der Waals surface area contributed by atoms with Crippen LogP contribution in [0.2, 0.25) is 0 Å². The van der Waals surface area contributed by atoms with Crippen LogP contribution < -0.4 is 5.32 Å². The molecule has 0 aromatic heterocycles. The van der Waals surface area contributed by atoms with E-state index in [1.54, 1.807) is 6.08 Å². The average molecular weight is 1010 g/mol. The summed E-state index contributed by atoms with van der Waals surface area (Å²) in [6.45, 7) is 5.51. The zero-order valence-electron chi connectivity index (χ0n) is 44.7. The van der Waals surface area contributed by atoms with Crippen molar-refractivity contribution in [3.8, 4) is 0 Å². The number of carbonyl (C=O) groups excluding carboxylic acids is 2. The lowest BCUT2D eigenvalue weighted by molar-refractivity contribution is -0.305. The number of aliphatic hydroxyl groups excluding tert-OH is 5. The van der Waals surface area contributed by atoms with Gasteiger partial charge in [0.25, 0.3) is 0 Å². The van der Waals surface area contributed by atoms with Gasteiger partial charge in [0.05, 0.1) is 25.4 Å². The molecule has 0 aromatic carbocycles. The minimum Gasteiger partial charge on any atom is -0.454 e. The first-order chi connectivity index (χ1) is 35.2. The number of esters is 1. The number of nitrogens with one attached hydrogen (secondary N) is 1. The Balaban J connectivity index is 2.80. The van der Waals surface area contributed by atoms with Crippen LogP contribution in [0.25, 0.3) is 0 Å². The number of unbranched alkanes of at least 4 members (excludes halogenated alkanes) is 16. The first kappa shape index (κ1) is 66.1. The highest BCUT2D eigenvalue weighted by molar-refractivity contribution is 5.80. The van der Waals surface area contributed by atoms with Crippen molar-refractivity contribution in [1.82, 2.24) is 5.32 Å². The SMILES string of the molecule is CC/C=C/C=C/C=C\C=C/C=C/CCC(O)C(=O)NC(COC1OC(CO)C(O)C(O)C1OC(=O)CCCCC/C=C\C/C=C\C/C=C\C/C=C\CCCCC)C(O)/C=C/CCCCCCCCCCCC. The van der Waals surface area contributed by atoms with Crippen LogP contribution in [0.3, 0.4) is 0 Å². The van der Waals surface area contributed by atoms with Crippen molar-refractivity contribution in [2.75, 3.05) is 13.2 Å². The van der Waals surface area contributed by atoms with Gasteiger partial charge in [-0.1, -0.05) is 219 Å². The predicted molar refractivity (Wildman–Crippen MR) is 296 cm³/mol. The second-order valence-electron chi connectivity index (χ2n) is 18.7. The molecule has 8 atom stereocenters. The van der Waals surface area contributed by atoms with Gasteiger partial charge in [0.2, 0.25) is 5.91 Å². The Labute approximate surface area is 436 Å². The normalized spacial score (nSPS) is 20.5. The lowest BCUT2D eigenvalue weighted by Gasteiger charge is -2.41. The molecule has 72 heavy (non-hydrogen) atoms. The molecule has 0 spiro atoms. The Morgan fingerprint density at radius 1 is 0.569 bits per heavy atom. The Hall–Kier alpha value is -3.94. The summed E-state index contributed by atoms with van der Waals surface area (Å²) in [4.78, 5) is 26.4. The minimum absolute atomic E-state index is 0.0700. The third kappa shape index (κ3) is 36.1. The molecule has 0 bridgehead atoms. The van der Waals surface area contributed by atoms with Crippen molar-refractivity contribution in [2.45, 2.75) is 237 Å². The van der Waals surface area contributed by atoms with E-state index in [0.717, 1.165) is 77.0 Å². The van der Waals surface area contributed by atoms with E-state index in [2.05, 4.69) is 80.8 Å². The summed E-state index contributed by atoms with van der Waals surface area (Å²) in [6, 6.07) is -1.07. The molecular formula is C61H99NO10. The fourth-order valence-corrected chi connectivity index (χ4v) is 7.78. The molecule has 1 amide bonds. The summed E-state index contributed by atoms with van der Waals surface area (Å²) in [5.74, 6) is -1.32. The molecule has 0 aliphatic carbocycles. The van der Waals surface area contributed by atoms with Crippen LogP contribution in [0.15, 0.2) is 122 Å². The summed E-state index contributed by atoms with van der Waals surface area (Å²) < 4.78 is 17.5. The zero-order valence-corrected chi connectivity index (χ0v) is 44.7. The fourth-order valence-electron chi connectivity index (χ4n) is 7.78. The topological polar surface area (TPSA) is 175 Å². The zero-order chi connectivity index (χ0) is 52.5. The molecule has 1 aliphatic rings. The molecule has 408 valence electrons. The van der Waals surface area contributed by atoms with Crippen molar-refractivity contribution in [3.63, 3.8) is 0 Å². The molecule has 1 aliphatic heterocycles. The second kappa shape index (κ2) is 48.0. The lowest BCUT2D eigenvalue weighted by atomic mass is 9.99. The van der Waals surface area contributed by atoms with E-state index in [1.165, 1.54) is 64.2 Å². The minimum atomic E-state index is -1.65. The van der Waals surface area contributed by atoms with Gasteiger partial charge in [-0.2, -0.15) is 0 Å². The fraction of sp³-hybridized carbons (Fsp3) is 0.639. The maximum atomic E-state index is 13.3. The Morgan fingerprint density at radius 2 is 1.06 bits per heavy atom. The molecule has 8 unspecified atom stereocenters. The third-order valence-electron chi connectivity index (χ3n) is 12.2. The van der Waals surface area contributed by atoms with E-state index in [9.17, 15) is 35.1 Å². The van der Waals surface area contributed by atoms with Gasteiger partial charge in [0, 0.05) is 6.42 Å². The average Bonchev–Trinajstić information content (AvgIpc) is 3.38. The molecule has 1 heterocycles. The molecule has 6 N–H and O–H groups in total. The molecule has 11 nitrogen and oxygen atoms in total. The van der Waals surface area contributed by atoms with Crippen LogP contribution in [0.4, 0.5) is 0 Å². The number of amides is 1. The molecule has 1 saturated heterocycles. The largest absolute Gasteiger partial charge is 0.454 e. The molecule has 1 fully saturated rings. The van der Waals surface area contributed by atoms with Gasteiger partial charge in [-0.3, -0.25) is 9.59 Å². The van der Waals surface area contributed by atoms with Crippen molar-refractivity contribution in [3.05, 3.63) is 122 Å². The Bertz CT molecular complexity index is 1630. The highest BCUT2D eigenvalue weighted by Gasteiger charge is 2.47. The van der Waals surface area contributed by atoms with Gasteiger partial charge < -0.3 is 45.1 Å².